The van der Waals surface area contributed by atoms with Crippen LogP contribution in [0.2, 0.25) is 0 Å². The van der Waals surface area contributed by atoms with Crippen LogP contribution in [-0.4, -0.2) is 36.7 Å². The van der Waals surface area contributed by atoms with Crippen molar-refractivity contribution in [2.45, 2.75) is 38.8 Å². The van der Waals surface area contributed by atoms with Gasteiger partial charge < -0.3 is 10.5 Å². The molecule has 0 amide bonds. The quantitative estimate of drug-likeness (QED) is 0.885. The van der Waals surface area contributed by atoms with E-state index in [1.807, 2.05) is 0 Å². The third-order valence-electron chi connectivity index (χ3n) is 3.97. The van der Waals surface area contributed by atoms with Crippen LogP contribution in [0.25, 0.3) is 0 Å². The van der Waals surface area contributed by atoms with Crippen molar-refractivity contribution in [3.05, 3.63) is 29.3 Å². The van der Waals surface area contributed by atoms with Gasteiger partial charge in [0.25, 0.3) is 0 Å². The molecule has 3 heteroatoms. The maximum atomic E-state index is 5.99. The number of benzene rings is 1. The second-order valence-electron chi connectivity index (χ2n) is 5.95. The Balaban J connectivity index is 2.00. The number of hydrogen-bond donors (Lipinski definition) is 1. The molecular formula is C15H24N2O. The lowest BCUT2D eigenvalue weighted by atomic mass is 10.0. The molecule has 1 aromatic carbocycles. The van der Waals surface area contributed by atoms with E-state index in [1.54, 1.807) is 0 Å². The molecule has 2 rings (SSSR count). The van der Waals surface area contributed by atoms with Gasteiger partial charge in [0.2, 0.25) is 0 Å². The van der Waals surface area contributed by atoms with Gasteiger partial charge in [0.05, 0.1) is 0 Å². The Morgan fingerprint density at radius 1 is 1.44 bits per heavy atom. The van der Waals surface area contributed by atoms with Crippen molar-refractivity contribution in [1.82, 2.24) is 4.90 Å². The summed E-state index contributed by atoms with van der Waals surface area (Å²) in [5, 5.41) is 0. The van der Waals surface area contributed by atoms with E-state index in [2.05, 4.69) is 50.9 Å². The second kappa shape index (κ2) is 4.90. The lowest BCUT2D eigenvalue weighted by molar-refractivity contribution is 0.0994. The first-order valence-corrected chi connectivity index (χ1v) is 6.60. The van der Waals surface area contributed by atoms with Gasteiger partial charge in [0.15, 0.2) is 0 Å². The van der Waals surface area contributed by atoms with E-state index in [4.69, 9.17) is 10.5 Å². The average molecular weight is 248 g/mol. The molecule has 2 N–H and O–H groups in total. The molecule has 0 aromatic heterocycles. The Labute approximate surface area is 110 Å². The van der Waals surface area contributed by atoms with Crippen LogP contribution in [0, 0.1) is 6.92 Å². The minimum absolute atomic E-state index is 0.0219. The molecule has 0 radical (unpaired) electrons. The Hall–Kier alpha value is -1.06. The Bertz CT molecular complexity index is 429. The van der Waals surface area contributed by atoms with E-state index in [0.717, 1.165) is 18.7 Å². The van der Waals surface area contributed by atoms with Crippen LogP contribution >= 0.6 is 0 Å². The topological polar surface area (TPSA) is 38.5 Å². The molecule has 0 spiro atoms. The second-order valence-corrected chi connectivity index (χ2v) is 5.95. The van der Waals surface area contributed by atoms with Crippen molar-refractivity contribution in [3.63, 3.8) is 0 Å². The van der Waals surface area contributed by atoms with E-state index >= 15 is 0 Å². The molecular weight excluding hydrogens is 224 g/mol. The predicted octanol–water partition coefficient (Wildman–Crippen LogP) is 1.97. The van der Waals surface area contributed by atoms with Gasteiger partial charge >= 0.3 is 0 Å². The first-order chi connectivity index (χ1) is 8.42. The third-order valence-corrected chi connectivity index (χ3v) is 3.97. The predicted molar refractivity (Wildman–Crippen MR) is 75.1 cm³/mol. The fourth-order valence-corrected chi connectivity index (χ4v) is 2.26. The Morgan fingerprint density at radius 3 is 2.83 bits per heavy atom. The number of rotatable bonds is 4. The fraction of sp³-hybridized carbons (Fsp3) is 0.600. The van der Waals surface area contributed by atoms with Crippen molar-refractivity contribution >= 4 is 0 Å². The molecule has 1 aliphatic rings. The fourth-order valence-electron chi connectivity index (χ4n) is 2.26. The van der Waals surface area contributed by atoms with E-state index in [1.165, 1.54) is 11.1 Å². The molecule has 0 saturated heterocycles. The highest BCUT2D eigenvalue weighted by atomic mass is 16.5. The summed E-state index contributed by atoms with van der Waals surface area (Å²) >= 11 is 0. The van der Waals surface area contributed by atoms with Gasteiger partial charge in [-0.05, 0) is 39.4 Å². The minimum Gasteiger partial charge on any atom is -0.488 e. The molecule has 0 saturated carbocycles. The molecule has 0 bridgehead atoms. The molecule has 1 atom stereocenters. The highest BCUT2D eigenvalue weighted by molar-refractivity contribution is 5.40. The standard InChI is InChI=1S/C15H24N2O/c1-11-5-6-14-12(7-11)8-13(18-14)9-17(4)15(2,3)10-16/h5-7,13H,8-10,16H2,1-4H3. The van der Waals surface area contributed by atoms with Crippen LogP contribution in [-0.2, 0) is 6.42 Å². The summed E-state index contributed by atoms with van der Waals surface area (Å²) in [7, 11) is 2.12. The first kappa shape index (κ1) is 13.4. The summed E-state index contributed by atoms with van der Waals surface area (Å²) < 4.78 is 5.99. The maximum absolute atomic E-state index is 5.99. The lowest BCUT2D eigenvalue weighted by Crippen LogP contribution is -2.50. The zero-order valence-electron chi connectivity index (χ0n) is 11.9. The van der Waals surface area contributed by atoms with Crippen LogP contribution < -0.4 is 10.5 Å². The molecule has 3 nitrogen and oxygen atoms in total. The summed E-state index contributed by atoms with van der Waals surface area (Å²) in [4.78, 5) is 2.29. The monoisotopic (exact) mass is 248 g/mol. The molecule has 1 aliphatic heterocycles. The summed E-state index contributed by atoms with van der Waals surface area (Å²) in [5.41, 5.74) is 8.46. The number of nitrogens with two attached hydrogens (primary N) is 1. The highest BCUT2D eigenvalue weighted by Crippen LogP contribution is 2.30. The zero-order valence-corrected chi connectivity index (χ0v) is 11.9. The molecule has 18 heavy (non-hydrogen) atoms. The van der Waals surface area contributed by atoms with E-state index in [-0.39, 0.29) is 11.6 Å². The lowest BCUT2D eigenvalue weighted by Gasteiger charge is -2.35. The average Bonchev–Trinajstić information content (AvgIpc) is 2.70. The van der Waals surface area contributed by atoms with Crippen LogP contribution in [0.15, 0.2) is 18.2 Å². The maximum Gasteiger partial charge on any atom is 0.123 e. The summed E-state index contributed by atoms with van der Waals surface area (Å²) in [6.45, 7) is 8.02. The van der Waals surface area contributed by atoms with Crippen LogP contribution in [0.3, 0.4) is 0 Å². The largest absolute Gasteiger partial charge is 0.488 e. The normalized spacial score (nSPS) is 18.9. The number of fused-ring (bicyclic) bond motifs is 1. The molecule has 0 aliphatic carbocycles. The smallest absolute Gasteiger partial charge is 0.123 e. The van der Waals surface area contributed by atoms with Gasteiger partial charge in [-0.2, -0.15) is 0 Å². The van der Waals surface area contributed by atoms with E-state index < -0.39 is 0 Å². The van der Waals surface area contributed by atoms with Gasteiger partial charge in [-0.3, -0.25) is 4.90 Å². The van der Waals surface area contributed by atoms with Crippen LogP contribution in [0.4, 0.5) is 0 Å². The van der Waals surface area contributed by atoms with Gasteiger partial charge in [-0.1, -0.05) is 17.7 Å². The van der Waals surface area contributed by atoms with Crippen molar-refractivity contribution in [3.8, 4) is 5.75 Å². The van der Waals surface area contributed by atoms with Gasteiger partial charge in [-0.25, -0.2) is 0 Å². The van der Waals surface area contributed by atoms with Crippen molar-refractivity contribution in [1.29, 1.82) is 0 Å². The zero-order chi connectivity index (χ0) is 13.3. The summed E-state index contributed by atoms with van der Waals surface area (Å²) in [6.07, 6.45) is 1.25. The molecule has 0 fully saturated rings. The van der Waals surface area contributed by atoms with Crippen LogP contribution in [0.5, 0.6) is 5.75 Å². The van der Waals surface area contributed by atoms with Crippen LogP contribution in [0.1, 0.15) is 25.0 Å². The summed E-state index contributed by atoms with van der Waals surface area (Å²) in [5.74, 6) is 1.05. The third kappa shape index (κ3) is 2.68. The van der Waals surface area contributed by atoms with Gasteiger partial charge in [0, 0.05) is 25.0 Å². The highest BCUT2D eigenvalue weighted by Gasteiger charge is 2.29. The van der Waals surface area contributed by atoms with E-state index in [0.29, 0.717) is 6.54 Å². The Kier molecular flexibility index (Phi) is 3.64. The number of hydrogen-bond acceptors (Lipinski definition) is 3. The SMILES string of the molecule is Cc1ccc2c(c1)CC(CN(C)C(C)(C)CN)O2. The number of aryl methyl sites for hydroxylation is 1. The van der Waals surface area contributed by atoms with Crippen molar-refractivity contribution in [2.24, 2.45) is 5.73 Å². The van der Waals surface area contributed by atoms with Gasteiger partial charge in [-0.15, -0.1) is 0 Å². The first-order valence-electron chi connectivity index (χ1n) is 6.60. The van der Waals surface area contributed by atoms with Gasteiger partial charge in [0.1, 0.15) is 11.9 Å². The molecule has 1 heterocycles. The van der Waals surface area contributed by atoms with Crippen molar-refractivity contribution in [2.75, 3.05) is 20.1 Å². The summed E-state index contributed by atoms with van der Waals surface area (Å²) in [6, 6.07) is 6.41. The van der Waals surface area contributed by atoms with E-state index in [9.17, 15) is 0 Å². The molecule has 1 unspecified atom stereocenters. The Morgan fingerprint density at radius 2 is 2.17 bits per heavy atom. The van der Waals surface area contributed by atoms with Crippen molar-refractivity contribution < 1.29 is 4.74 Å². The molecule has 100 valence electrons. The molecule has 1 aromatic rings. The number of likely N-dealkylation sites (N-methyl/N-ethyl adjacent to an activating group) is 1. The number of ether oxygens (including phenoxy) is 1. The minimum atomic E-state index is 0.0219. The number of nitrogens with zero attached hydrogens (tertiary/aromatic N) is 1.